The van der Waals surface area contributed by atoms with E-state index in [2.05, 4.69) is 25.3 Å². The van der Waals surface area contributed by atoms with Gasteiger partial charge in [-0.1, -0.05) is 5.16 Å². The maximum atomic E-state index is 13.0. The van der Waals surface area contributed by atoms with E-state index >= 15 is 0 Å². The lowest BCUT2D eigenvalue weighted by Gasteiger charge is -2.10. The van der Waals surface area contributed by atoms with E-state index in [0.717, 1.165) is 11.8 Å². The summed E-state index contributed by atoms with van der Waals surface area (Å²) in [5, 5.41) is 8.25. The van der Waals surface area contributed by atoms with Gasteiger partial charge in [0.05, 0.1) is 11.0 Å². The van der Waals surface area contributed by atoms with E-state index in [1.165, 1.54) is 18.2 Å². The van der Waals surface area contributed by atoms with E-state index in [4.69, 9.17) is 4.52 Å². The predicted octanol–water partition coefficient (Wildman–Crippen LogP) is 3.00. The van der Waals surface area contributed by atoms with Crippen molar-refractivity contribution < 1.29 is 32.4 Å². The molecule has 8 nitrogen and oxygen atoms in total. The maximum absolute atomic E-state index is 13.0. The number of anilines is 2. The zero-order valence-electron chi connectivity index (χ0n) is 14.2. The number of hydrogen-bond donors (Lipinski definition) is 2. The summed E-state index contributed by atoms with van der Waals surface area (Å²) < 4.78 is 39.4. The lowest BCUT2D eigenvalue weighted by Crippen LogP contribution is -2.26. The lowest BCUT2D eigenvalue weighted by atomic mass is 10.3. The summed E-state index contributed by atoms with van der Waals surface area (Å²) in [6, 6.07) is 5.50. The van der Waals surface area contributed by atoms with Gasteiger partial charge in [0.25, 0.3) is 0 Å². The molecule has 144 valence electrons. The van der Waals surface area contributed by atoms with Crippen LogP contribution in [-0.2, 0) is 9.59 Å². The van der Waals surface area contributed by atoms with Crippen LogP contribution in [0.3, 0.4) is 0 Å². The van der Waals surface area contributed by atoms with E-state index < -0.39 is 17.5 Å². The second kappa shape index (κ2) is 7.43. The fourth-order valence-electron chi connectivity index (χ4n) is 2.15. The molecule has 1 atom stereocenters. The monoisotopic (exact) mass is 399 g/mol. The average Bonchev–Trinajstić information content (AvgIpc) is 3.12. The Hall–Kier alpha value is -2.82. The van der Waals surface area contributed by atoms with Crippen LogP contribution in [0.4, 0.5) is 20.3 Å². The van der Waals surface area contributed by atoms with Crippen LogP contribution in [0.15, 0.2) is 28.8 Å². The zero-order chi connectivity index (χ0) is 19.6. The van der Waals surface area contributed by atoms with Crippen molar-refractivity contribution in [3.63, 3.8) is 0 Å². The highest BCUT2D eigenvalue weighted by molar-refractivity contribution is 8.01. The molecule has 1 aliphatic rings. The first-order valence-electron chi connectivity index (χ1n) is 7.77. The van der Waals surface area contributed by atoms with Crippen molar-refractivity contribution in [2.75, 3.05) is 16.4 Å². The van der Waals surface area contributed by atoms with Crippen molar-refractivity contribution in [2.24, 2.45) is 0 Å². The SMILES string of the molecule is Cc1cc(NC(=O)[C@H](C)SCC(=O)Nc2ccc3c(c2)OC(F)(F)O3)no1. The van der Waals surface area contributed by atoms with E-state index in [-0.39, 0.29) is 28.8 Å². The molecular formula is C16H15F2N3O5S. The Bertz CT molecular complexity index is 873. The van der Waals surface area contributed by atoms with Crippen LogP contribution in [0.25, 0.3) is 0 Å². The molecule has 0 bridgehead atoms. The number of amides is 2. The molecule has 1 aliphatic heterocycles. The number of nitrogens with zero attached hydrogens (tertiary/aromatic N) is 1. The van der Waals surface area contributed by atoms with Crippen LogP contribution >= 0.6 is 11.8 Å². The molecule has 0 fully saturated rings. The number of aryl methyl sites for hydroxylation is 1. The summed E-state index contributed by atoms with van der Waals surface area (Å²) in [6.45, 7) is 3.34. The molecule has 3 rings (SSSR count). The van der Waals surface area contributed by atoms with Gasteiger partial charge in [-0.25, -0.2) is 0 Å². The smallest absolute Gasteiger partial charge is 0.395 e. The van der Waals surface area contributed by atoms with Crippen LogP contribution in [0.1, 0.15) is 12.7 Å². The third kappa shape index (κ3) is 4.88. The molecule has 0 saturated carbocycles. The van der Waals surface area contributed by atoms with Crippen LogP contribution in [0, 0.1) is 6.92 Å². The Morgan fingerprint density at radius 1 is 1.22 bits per heavy atom. The van der Waals surface area contributed by atoms with Gasteiger partial charge in [-0.3, -0.25) is 9.59 Å². The quantitative estimate of drug-likeness (QED) is 0.770. The van der Waals surface area contributed by atoms with Gasteiger partial charge in [0.1, 0.15) is 5.76 Å². The van der Waals surface area contributed by atoms with Gasteiger partial charge in [0.2, 0.25) is 11.8 Å². The Morgan fingerprint density at radius 2 is 1.96 bits per heavy atom. The van der Waals surface area contributed by atoms with Crippen molar-refractivity contribution >= 4 is 35.1 Å². The largest absolute Gasteiger partial charge is 0.586 e. The summed E-state index contributed by atoms with van der Waals surface area (Å²) in [4.78, 5) is 24.1. The molecule has 0 spiro atoms. The summed E-state index contributed by atoms with van der Waals surface area (Å²) in [5.41, 5.74) is 0.274. The van der Waals surface area contributed by atoms with Crippen molar-refractivity contribution in [3.05, 3.63) is 30.0 Å². The third-order valence-electron chi connectivity index (χ3n) is 3.40. The Morgan fingerprint density at radius 3 is 2.67 bits per heavy atom. The van der Waals surface area contributed by atoms with Crippen molar-refractivity contribution in [3.8, 4) is 11.5 Å². The number of nitrogens with one attached hydrogen (secondary N) is 2. The van der Waals surface area contributed by atoms with Gasteiger partial charge in [0, 0.05) is 17.8 Å². The molecule has 2 amide bonds. The minimum atomic E-state index is -3.72. The molecule has 2 aromatic rings. The standard InChI is InChI=1S/C16H15F2N3O5S/c1-8-5-13(21-26-8)20-15(23)9(2)27-7-14(22)19-10-3-4-11-12(6-10)25-16(17,18)24-11/h3-6,9H,7H2,1-2H3,(H,19,22)(H,20,21,23)/t9-/m0/s1. The summed E-state index contributed by atoms with van der Waals surface area (Å²) in [5.74, 6) is -0.161. The van der Waals surface area contributed by atoms with Gasteiger partial charge in [-0.15, -0.1) is 20.5 Å². The van der Waals surface area contributed by atoms with E-state index in [0.29, 0.717) is 11.6 Å². The Kier molecular flexibility index (Phi) is 5.22. The van der Waals surface area contributed by atoms with Gasteiger partial charge in [-0.2, -0.15) is 0 Å². The van der Waals surface area contributed by atoms with Crippen molar-refractivity contribution in [2.45, 2.75) is 25.4 Å². The highest BCUT2D eigenvalue weighted by Gasteiger charge is 2.43. The molecule has 0 radical (unpaired) electrons. The number of rotatable bonds is 6. The maximum Gasteiger partial charge on any atom is 0.586 e. The fraction of sp³-hybridized carbons (Fsp3) is 0.312. The first kappa shape index (κ1) is 19.0. The molecule has 27 heavy (non-hydrogen) atoms. The molecule has 1 aromatic heterocycles. The number of halogens is 2. The summed E-state index contributed by atoms with van der Waals surface area (Å²) >= 11 is 1.10. The number of carbonyl (C=O) groups is 2. The number of carbonyl (C=O) groups excluding carboxylic acids is 2. The zero-order valence-corrected chi connectivity index (χ0v) is 15.1. The molecule has 11 heteroatoms. The van der Waals surface area contributed by atoms with E-state index in [1.807, 2.05) is 0 Å². The number of hydrogen-bond acceptors (Lipinski definition) is 7. The van der Waals surface area contributed by atoms with E-state index in [9.17, 15) is 18.4 Å². The van der Waals surface area contributed by atoms with Gasteiger partial charge in [0.15, 0.2) is 17.3 Å². The number of alkyl halides is 2. The normalized spacial score (nSPS) is 15.3. The Labute approximate surface area is 156 Å². The second-order valence-electron chi connectivity index (χ2n) is 5.64. The molecule has 2 heterocycles. The van der Waals surface area contributed by atoms with Gasteiger partial charge >= 0.3 is 6.29 Å². The first-order chi connectivity index (χ1) is 12.7. The molecule has 0 unspecified atom stereocenters. The average molecular weight is 399 g/mol. The lowest BCUT2D eigenvalue weighted by molar-refractivity contribution is -0.286. The second-order valence-corrected chi connectivity index (χ2v) is 6.97. The van der Waals surface area contributed by atoms with Gasteiger partial charge in [-0.05, 0) is 26.0 Å². The summed E-state index contributed by atoms with van der Waals surface area (Å²) in [6.07, 6.45) is -3.72. The predicted molar refractivity (Wildman–Crippen MR) is 93.1 cm³/mol. The molecule has 1 aromatic carbocycles. The molecular weight excluding hydrogens is 384 g/mol. The highest BCUT2D eigenvalue weighted by Crippen LogP contribution is 2.42. The van der Waals surface area contributed by atoms with Crippen LogP contribution < -0.4 is 20.1 Å². The highest BCUT2D eigenvalue weighted by atomic mass is 32.2. The Balaban J connectivity index is 1.48. The van der Waals surface area contributed by atoms with E-state index in [1.54, 1.807) is 19.9 Å². The molecule has 0 aliphatic carbocycles. The number of thioether (sulfide) groups is 1. The van der Waals surface area contributed by atoms with Crippen LogP contribution in [-0.4, -0.2) is 34.3 Å². The minimum absolute atomic E-state index is 0.0168. The minimum Gasteiger partial charge on any atom is -0.395 e. The van der Waals surface area contributed by atoms with Gasteiger partial charge < -0.3 is 24.6 Å². The van der Waals surface area contributed by atoms with Crippen LogP contribution in [0.2, 0.25) is 0 Å². The molecule has 0 saturated heterocycles. The topological polar surface area (TPSA) is 103 Å². The summed E-state index contributed by atoms with van der Waals surface area (Å²) in [7, 11) is 0. The van der Waals surface area contributed by atoms with Crippen LogP contribution in [0.5, 0.6) is 11.5 Å². The van der Waals surface area contributed by atoms with Crippen molar-refractivity contribution in [1.29, 1.82) is 0 Å². The van der Waals surface area contributed by atoms with Crippen molar-refractivity contribution in [1.82, 2.24) is 5.16 Å². The number of ether oxygens (including phenoxy) is 2. The number of benzene rings is 1. The first-order valence-corrected chi connectivity index (χ1v) is 8.82. The fourth-order valence-corrected chi connectivity index (χ4v) is 2.84. The number of fused-ring (bicyclic) bond motifs is 1. The molecule has 2 N–H and O–H groups in total. The third-order valence-corrected chi connectivity index (χ3v) is 4.54. The number of aromatic nitrogens is 1.